The van der Waals surface area contributed by atoms with Crippen LogP contribution in [0, 0.1) is 5.92 Å². The van der Waals surface area contributed by atoms with Gasteiger partial charge in [-0.05, 0) is 49.1 Å². The highest BCUT2D eigenvalue weighted by atomic mass is 32.2. The lowest BCUT2D eigenvalue weighted by molar-refractivity contribution is 0.0746. The Morgan fingerprint density at radius 3 is 2.31 bits per heavy atom. The Kier molecular flexibility index (Phi) is 6.71. The molecular weight excluding hydrogens is 426 g/mol. The fraction of sp³-hybridized carbons (Fsp3) is 0.458. The van der Waals surface area contributed by atoms with E-state index >= 15 is 0 Å². The molecule has 4 rings (SSSR count). The van der Waals surface area contributed by atoms with Crippen molar-refractivity contribution in [3.8, 4) is 5.75 Å². The lowest BCUT2D eigenvalue weighted by atomic mass is 10.0. The van der Waals surface area contributed by atoms with E-state index in [4.69, 9.17) is 4.74 Å². The fourth-order valence-electron chi connectivity index (χ4n) is 4.39. The molecule has 0 unspecified atom stereocenters. The zero-order valence-corrected chi connectivity index (χ0v) is 19.6. The van der Waals surface area contributed by atoms with Crippen molar-refractivity contribution in [1.29, 1.82) is 0 Å². The summed E-state index contributed by atoms with van der Waals surface area (Å²) in [6, 6.07) is 14.3. The van der Waals surface area contributed by atoms with Gasteiger partial charge in [-0.2, -0.15) is 4.31 Å². The number of amides is 1. The number of hydrogen-bond acceptors (Lipinski definition) is 5. The number of carbonyl (C=O) groups is 1. The molecule has 2 aliphatic heterocycles. The molecule has 0 N–H and O–H groups in total. The van der Waals surface area contributed by atoms with Crippen LogP contribution < -0.4 is 9.64 Å². The molecule has 2 aromatic carbocycles. The fourth-order valence-corrected chi connectivity index (χ4v) is 5.90. The van der Waals surface area contributed by atoms with E-state index < -0.39 is 10.0 Å². The van der Waals surface area contributed by atoms with Crippen LogP contribution in [0.15, 0.2) is 53.4 Å². The number of sulfonamides is 1. The minimum Gasteiger partial charge on any atom is -0.495 e. The van der Waals surface area contributed by atoms with Crippen LogP contribution in [0.3, 0.4) is 0 Å². The first-order chi connectivity index (χ1) is 15.4. The molecule has 1 amide bonds. The number of para-hydroxylation sites is 2. The van der Waals surface area contributed by atoms with Gasteiger partial charge in [-0.3, -0.25) is 4.79 Å². The monoisotopic (exact) mass is 457 g/mol. The molecule has 2 fully saturated rings. The first-order valence-electron chi connectivity index (χ1n) is 11.2. The van der Waals surface area contributed by atoms with Crippen LogP contribution in [0.5, 0.6) is 5.75 Å². The molecule has 0 aliphatic carbocycles. The van der Waals surface area contributed by atoms with Crippen LogP contribution in [0.2, 0.25) is 0 Å². The van der Waals surface area contributed by atoms with Gasteiger partial charge in [0.25, 0.3) is 5.91 Å². The Labute approximate surface area is 190 Å². The third kappa shape index (κ3) is 4.61. The smallest absolute Gasteiger partial charge is 0.254 e. The number of methoxy groups -OCH3 is 1. The molecule has 2 aliphatic rings. The van der Waals surface area contributed by atoms with E-state index in [9.17, 15) is 13.2 Å². The molecule has 0 spiro atoms. The summed E-state index contributed by atoms with van der Waals surface area (Å²) in [7, 11) is -1.93. The van der Waals surface area contributed by atoms with Gasteiger partial charge < -0.3 is 14.5 Å². The van der Waals surface area contributed by atoms with Gasteiger partial charge in [-0.1, -0.05) is 25.1 Å². The third-order valence-electron chi connectivity index (χ3n) is 6.45. The molecular formula is C24H31N3O4S. The number of ether oxygens (including phenoxy) is 1. The van der Waals surface area contributed by atoms with Crippen LogP contribution in [-0.4, -0.2) is 69.9 Å². The summed E-state index contributed by atoms with van der Waals surface area (Å²) in [5, 5.41) is 0. The Balaban J connectivity index is 1.44. The maximum atomic E-state index is 13.1. The highest BCUT2D eigenvalue weighted by Crippen LogP contribution is 2.29. The average Bonchev–Trinajstić information content (AvgIpc) is 2.84. The van der Waals surface area contributed by atoms with Crippen molar-refractivity contribution >= 4 is 21.6 Å². The van der Waals surface area contributed by atoms with Crippen molar-refractivity contribution in [3.05, 3.63) is 54.1 Å². The molecule has 0 aromatic heterocycles. The first kappa shape index (κ1) is 22.6. The van der Waals surface area contributed by atoms with E-state index in [0.717, 1.165) is 24.3 Å². The predicted octanol–water partition coefficient (Wildman–Crippen LogP) is 3.08. The number of anilines is 1. The molecule has 0 atom stereocenters. The second-order valence-electron chi connectivity index (χ2n) is 8.57. The molecule has 172 valence electrons. The molecule has 0 radical (unpaired) electrons. The predicted molar refractivity (Wildman–Crippen MR) is 125 cm³/mol. The van der Waals surface area contributed by atoms with Crippen LogP contribution in [0.1, 0.15) is 30.1 Å². The Morgan fingerprint density at radius 2 is 1.62 bits per heavy atom. The maximum Gasteiger partial charge on any atom is 0.254 e. The van der Waals surface area contributed by atoms with Gasteiger partial charge in [-0.25, -0.2) is 8.42 Å². The van der Waals surface area contributed by atoms with Crippen molar-refractivity contribution in [2.24, 2.45) is 5.92 Å². The molecule has 8 heteroatoms. The Hall–Kier alpha value is -2.58. The molecule has 2 aromatic rings. The van der Waals surface area contributed by atoms with Crippen molar-refractivity contribution in [3.63, 3.8) is 0 Å². The highest BCUT2D eigenvalue weighted by Gasteiger charge is 2.29. The maximum absolute atomic E-state index is 13.1. The van der Waals surface area contributed by atoms with Crippen molar-refractivity contribution in [1.82, 2.24) is 9.21 Å². The number of piperidine rings is 1. The van der Waals surface area contributed by atoms with Gasteiger partial charge in [0.05, 0.1) is 17.7 Å². The van der Waals surface area contributed by atoms with E-state index in [1.165, 1.54) is 6.07 Å². The summed E-state index contributed by atoms with van der Waals surface area (Å²) in [4.78, 5) is 17.3. The molecule has 0 saturated carbocycles. The number of nitrogens with zero attached hydrogens (tertiary/aromatic N) is 3. The van der Waals surface area contributed by atoms with Gasteiger partial charge in [0.15, 0.2) is 0 Å². The second-order valence-corrected chi connectivity index (χ2v) is 10.5. The van der Waals surface area contributed by atoms with E-state index in [2.05, 4.69) is 11.8 Å². The Morgan fingerprint density at radius 1 is 0.938 bits per heavy atom. The van der Waals surface area contributed by atoms with E-state index in [1.807, 2.05) is 24.3 Å². The van der Waals surface area contributed by atoms with Crippen LogP contribution in [-0.2, 0) is 10.0 Å². The number of hydrogen-bond donors (Lipinski definition) is 0. The van der Waals surface area contributed by atoms with Crippen molar-refractivity contribution in [2.75, 3.05) is 51.3 Å². The minimum absolute atomic E-state index is 0.131. The quantitative estimate of drug-likeness (QED) is 0.690. The van der Waals surface area contributed by atoms with Gasteiger partial charge in [0.1, 0.15) is 5.75 Å². The number of rotatable bonds is 5. The van der Waals surface area contributed by atoms with Gasteiger partial charge in [0.2, 0.25) is 10.0 Å². The largest absolute Gasteiger partial charge is 0.495 e. The standard InChI is InChI=1S/C24H31N3O4S/c1-19-10-12-27(13-11-19)32(29,30)21-7-5-6-20(18-21)24(28)26-16-14-25(15-17-26)22-8-3-4-9-23(22)31-2/h3-9,18-19H,10-17H2,1-2H3. The summed E-state index contributed by atoms with van der Waals surface area (Å²) in [5.41, 5.74) is 1.44. The van der Waals surface area contributed by atoms with Crippen LogP contribution >= 0.6 is 0 Å². The van der Waals surface area contributed by atoms with Crippen LogP contribution in [0.4, 0.5) is 5.69 Å². The molecule has 0 bridgehead atoms. The molecule has 2 heterocycles. The zero-order valence-electron chi connectivity index (χ0n) is 18.7. The van der Waals surface area contributed by atoms with E-state index in [0.29, 0.717) is 50.7 Å². The molecule has 7 nitrogen and oxygen atoms in total. The summed E-state index contributed by atoms with van der Waals surface area (Å²) < 4.78 is 33.2. The number of piperazine rings is 1. The number of benzene rings is 2. The lowest BCUT2D eigenvalue weighted by Gasteiger charge is -2.36. The van der Waals surface area contributed by atoms with Crippen LogP contribution in [0.25, 0.3) is 0 Å². The average molecular weight is 458 g/mol. The van der Waals surface area contributed by atoms with Crippen molar-refractivity contribution in [2.45, 2.75) is 24.7 Å². The molecule has 32 heavy (non-hydrogen) atoms. The third-order valence-corrected chi connectivity index (χ3v) is 8.35. The molecule has 2 saturated heterocycles. The van der Waals surface area contributed by atoms with Gasteiger partial charge >= 0.3 is 0 Å². The van der Waals surface area contributed by atoms with Gasteiger partial charge in [0, 0.05) is 44.8 Å². The summed E-state index contributed by atoms with van der Waals surface area (Å²) in [6.07, 6.45) is 1.74. The van der Waals surface area contributed by atoms with Crippen molar-refractivity contribution < 1.29 is 17.9 Å². The SMILES string of the molecule is COc1ccccc1N1CCN(C(=O)c2cccc(S(=O)(=O)N3CCC(C)CC3)c2)CC1. The topological polar surface area (TPSA) is 70.2 Å². The normalized spacial score (nSPS) is 18.6. The number of carbonyl (C=O) groups excluding carboxylic acids is 1. The summed E-state index contributed by atoms with van der Waals surface area (Å²) >= 11 is 0. The highest BCUT2D eigenvalue weighted by molar-refractivity contribution is 7.89. The van der Waals surface area contributed by atoms with E-state index in [1.54, 1.807) is 34.5 Å². The zero-order chi connectivity index (χ0) is 22.7. The Bertz CT molecular complexity index is 1060. The summed E-state index contributed by atoms with van der Waals surface area (Å²) in [5.74, 6) is 1.23. The second kappa shape index (κ2) is 9.50. The minimum atomic E-state index is -3.58. The van der Waals surface area contributed by atoms with Gasteiger partial charge in [-0.15, -0.1) is 0 Å². The summed E-state index contributed by atoms with van der Waals surface area (Å²) in [6.45, 7) is 5.73. The lowest BCUT2D eigenvalue weighted by Crippen LogP contribution is -2.48. The van der Waals surface area contributed by atoms with E-state index in [-0.39, 0.29) is 10.8 Å². The first-order valence-corrected chi connectivity index (χ1v) is 12.6.